The van der Waals surface area contributed by atoms with Crippen LogP contribution in [0, 0.1) is 5.92 Å². The number of amides is 3. The molecular weight excluding hydrogens is 692 g/mol. The number of carbonyl (C=O) groups excluding carboxylic acids is 3. The molecule has 1 spiro atoms. The van der Waals surface area contributed by atoms with Gasteiger partial charge in [-0.15, -0.1) is 0 Å². The van der Waals surface area contributed by atoms with E-state index >= 15 is 4.11 Å². The zero-order chi connectivity index (χ0) is 37.7. The number of rotatable bonds is 9. The zero-order valence-corrected chi connectivity index (χ0v) is 31.3. The molecule has 53 heavy (non-hydrogen) atoms. The van der Waals surface area contributed by atoms with Crippen LogP contribution in [0.15, 0.2) is 91.0 Å². The van der Waals surface area contributed by atoms with Crippen molar-refractivity contribution in [3.05, 3.63) is 119 Å². The Bertz CT molecular complexity index is 2050. The van der Waals surface area contributed by atoms with Crippen LogP contribution in [0.2, 0.25) is 18.6 Å². The molecule has 0 aromatic heterocycles. The van der Waals surface area contributed by atoms with Crippen molar-refractivity contribution in [2.45, 2.75) is 69.2 Å². The maximum absolute atomic E-state index is 16.6. The van der Waals surface area contributed by atoms with Crippen LogP contribution in [0.3, 0.4) is 0 Å². The Morgan fingerprint density at radius 3 is 2.47 bits per heavy atom. The number of hydrogen-bond donors (Lipinski definition) is 3. The summed E-state index contributed by atoms with van der Waals surface area (Å²) in [7, 11) is -2.02. The summed E-state index contributed by atoms with van der Waals surface area (Å²) in [6, 6.07) is 26.7. The first kappa shape index (κ1) is 36.3. The monoisotopic (exact) mass is 736 g/mol. The lowest BCUT2D eigenvalue weighted by atomic mass is 9.82. The molecular formula is C41H45FN4O6Si. The Balaban J connectivity index is 1.19. The number of carbonyl (C=O) groups is 3. The number of hydrogen-bond acceptors (Lipinski definition) is 7. The normalized spacial score (nSPS) is 23.5. The minimum absolute atomic E-state index is 0.127. The van der Waals surface area contributed by atoms with Gasteiger partial charge >= 0.3 is 0 Å². The summed E-state index contributed by atoms with van der Waals surface area (Å²) in [5, 5.41) is 13.2. The van der Waals surface area contributed by atoms with E-state index in [-0.39, 0.29) is 37.3 Å². The number of nitrogen functional groups attached to an aromatic ring is 1. The highest BCUT2D eigenvalue weighted by molar-refractivity contribution is 6.72. The van der Waals surface area contributed by atoms with Gasteiger partial charge in [-0.3, -0.25) is 14.4 Å². The van der Waals surface area contributed by atoms with E-state index in [1.165, 1.54) is 0 Å². The maximum Gasteiger partial charge on any atom is 0.264 e. The topological polar surface area (TPSA) is 134 Å². The van der Waals surface area contributed by atoms with E-state index in [1.54, 1.807) is 78.5 Å². The molecule has 3 amide bonds. The van der Waals surface area contributed by atoms with Crippen molar-refractivity contribution in [3.63, 3.8) is 0 Å². The van der Waals surface area contributed by atoms with Crippen molar-refractivity contribution in [2.75, 3.05) is 29.7 Å². The highest BCUT2D eigenvalue weighted by Crippen LogP contribution is 2.61. The predicted octanol–water partition coefficient (Wildman–Crippen LogP) is 6.19. The summed E-state index contributed by atoms with van der Waals surface area (Å²) in [6.07, 6.45) is -0.488. The molecule has 10 nitrogen and oxygen atoms in total. The number of methoxy groups -OCH3 is 1. The second-order valence-corrected chi connectivity index (χ2v) is 18.7. The second-order valence-electron chi connectivity index (χ2n) is 14.9. The van der Waals surface area contributed by atoms with Gasteiger partial charge in [-0.1, -0.05) is 43.3 Å². The molecule has 0 aliphatic carbocycles. The Morgan fingerprint density at radius 1 is 1.04 bits per heavy atom. The maximum atomic E-state index is 16.6. The number of ether oxygens (including phenoxy) is 2. The van der Waals surface area contributed by atoms with Crippen molar-refractivity contribution in [1.29, 1.82) is 0 Å². The highest BCUT2D eigenvalue weighted by atomic mass is 28.4. The lowest BCUT2D eigenvalue weighted by Gasteiger charge is -2.37. The quantitative estimate of drug-likeness (QED) is 0.106. The summed E-state index contributed by atoms with van der Waals surface area (Å²) < 4.78 is 29.0. The molecule has 4 aromatic rings. The van der Waals surface area contributed by atoms with E-state index in [1.807, 2.05) is 49.4 Å². The molecule has 0 saturated carbocycles. The average Bonchev–Trinajstić information content (AvgIpc) is 3.56. The van der Waals surface area contributed by atoms with E-state index in [2.05, 4.69) is 5.32 Å². The molecule has 3 aliphatic heterocycles. The number of aliphatic hydroxyl groups excluding tert-OH is 1. The third-order valence-corrected chi connectivity index (χ3v) is 13.6. The average molecular weight is 737 g/mol. The molecule has 276 valence electrons. The number of benzene rings is 4. The number of nitrogens with two attached hydrogens (primary N) is 1. The van der Waals surface area contributed by atoms with Crippen LogP contribution in [-0.4, -0.2) is 62.0 Å². The smallest absolute Gasteiger partial charge is 0.264 e. The number of aliphatic hydroxyl groups is 1. The van der Waals surface area contributed by atoms with Crippen LogP contribution in [0.1, 0.15) is 46.0 Å². The molecule has 0 unspecified atom stereocenters. The van der Waals surface area contributed by atoms with Crippen LogP contribution in [0.25, 0.3) is 0 Å². The summed E-state index contributed by atoms with van der Waals surface area (Å²) in [4.78, 5) is 45.4. The lowest BCUT2D eigenvalue weighted by Crippen LogP contribution is -2.48. The summed E-state index contributed by atoms with van der Waals surface area (Å²) in [5.41, 5.74) is 9.12. The summed E-state index contributed by atoms with van der Waals surface area (Å²) in [5.74, 6) is -0.985. The van der Waals surface area contributed by atoms with Gasteiger partial charge in [-0.25, -0.2) is 0 Å². The molecule has 12 heteroatoms. The standard InChI is InChI=1S/C41H45FN4O6Si/c1-25-38(53(3,4)42)36(21-37(48)45-23-29-10-6-5-9-28(29)19-32(45)24-47)52-41(25)34-20-33(51-2)16-17-35(34)46(40(41)50)22-26-8-7-11-31(18-26)44-39(49)27-12-14-30(43)15-13-27/h5-18,20,25,32,36,38,47H,19,21-24,43H2,1-4H3,(H,44,49)/t25-,32+,36+,38-,41+/m1/s1. The van der Waals surface area contributed by atoms with Crippen LogP contribution >= 0.6 is 0 Å². The van der Waals surface area contributed by atoms with E-state index in [0.717, 1.165) is 16.7 Å². The fourth-order valence-electron chi connectivity index (χ4n) is 8.61. The van der Waals surface area contributed by atoms with Gasteiger partial charge in [-0.2, -0.15) is 0 Å². The zero-order valence-electron chi connectivity index (χ0n) is 30.3. The van der Waals surface area contributed by atoms with Gasteiger partial charge in [-0.05, 0) is 90.8 Å². The third kappa shape index (κ3) is 6.60. The molecule has 0 bridgehead atoms. The number of halogens is 1. The Kier molecular flexibility index (Phi) is 9.64. The molecule has 5 atom stereocenters. The minimum atomic E-state index is -3.56. The SMILES string of the molecule is COc1ccc2c(c1)[C@]1(O[C@@H](CC(=O)N3Cc4ccccc4C[C@H]3CO)[C@H]([Si](C)(C)F)[C@H]1C)C(=O)N2Cc1cccc(NC(=O)c2ccc(N)cc2)c1. The van der Waals surface area contributed by atoms with Crippen molar-refractivity contribution >= 4 is 43.2 Å². The Labute approximate surface area is 309 Å². The van der Waals surface area contributed by atoms with E-state index < -0.39 is 37.6 Å². The Morgan fingerprint density at radius 2 is 1.77 bits per heavy atom. The predicted molar refractivity (Wildman–Crippen MR) is 204 cm³/mol. The first-order chi connectivity index (χ1) is 25.3. The largest absolute Gasteiger partial charge is 0.497 e. The van der Waals surface area contributed by atoms with Crippen molar-refractivity contribution < 1.29 is 33.1 Å². The molecule has 7 rings (SSSR count). The van der Waals surface area contributed by atoms with Crippen LogP contribution in [0.4, 0.5) is 21.2 Å². The minimum Gasteiger partial charge on any atom is -0.497 e. The van der Waals surface area contributed by atoms with Crippen molar-refractivity contribution in [2.24, 2.45) is 5.92 Å². The van der Waals surface area contributed by atoms with Gasteiger partial charge in [0, 0.05) is 40.5 Å². The fourth-order valence-corrected chi connectivity index (χ4v) is 11.1. The van der Waals surface area contributed by atoms with E-state index in [0.29, 0.717) is 46.9 Å². The van der Waals surface area contributed by atoms with Crippen LogP contribution in [0.5, 0.6) is 5.75 Å². The van der Waals surface area contributed by atoms with Gasteiger partial charge in [0.15, 0.2) is 5.60 Å². The van der Waals surface area contributed by atoms with Crippen molar-refractivity contribution in [1.82, 2.24) is 4.90 Å². The number of nitrogens with one attached hydrogen (secondary N) is 1. The molecule has 4 aromatic carbocycles. The second kappa shape index (κ2) is 14.1. The molecule has 1 saturated heterocycles. The van der Waals surface area contributed by atoms with E-state index in [4.69, 9.17) is 15.2 Å². The lowest BCUT2D eigenvalue weighted by molar-refractivity contribution is -0.151. The summed E-state index contributed by atoms with van der Waals surface area (Å²) >= 11 is 0. The third-order valence-electron chi connectivity index (χ3n) is 11.1. The Hall–Kier alpha value is -5.04. The first-order valence-electron chi connectivity index (χ1n) is 17.9. The van der Waals surface area contributed by atoms with Gasteiger partial charge in [0.1, 0.15) is 5.75 Å². The van der Waals surface area contributed by atoms with Crippen molar-refractivity contribution in [3.8, 4) is 5.75 Å². The molecule has 4 N–H and O–H groups in total. The van der Waals surface area contributed by atoms with Gasteiger partial charge in [0.2, 0.25) is 14.3 Å². The van der Waals surface area contributed by atoms with E-state index in [9.17, 15) is 19.5 Å². The number of anilines is 3. The van der Waals surface area contributed by atoms with Gasteiger partial charge < -0.3 is 39.5 Å². The highest BCUT2D eigenvalue weighted by Gasteiger charge is 2.67. The van der Waals surface area contributed by atoms with Gasteiger partial charge in [0.25, 0.3) is 11.8 Å². The molecule has 3 aliphatic rings. The van der Waals surface area contributed by atoms with Gasteiger partial charge in [0.05, 0.1) is 44.5 Å². The number of nitrogens with zero attached hydrogens (tertiary/aromatic N) is 2. The fraction of sp³-hybridized carbons (Fsp3) is 0.341. The molecule has 3 heterocycles. The first-order valence-corrected chi connectivity index (χ1v) is 20.9. The van der Waals surface area contributed by atoms with Crippen LogP contribution in [-0.2, 0) is 39.4 Å². The molecule has 0 radical (unpaired) electrons. The summed E-state index contributed by atoms with van der Waals surface area (Å²) in [6.45, 7) is 5.35. The van der Waals surface area contributed by atoms with Crippen LogP contribution < -0.4 is 20.7 Å². The number of fused-ring (bicyclic) bond motifs is 3. The molecule has 1 fully saturated rings.